The highest BCUT2D eigenvalue weighted by atomic mass is 19.2. The van der Waals surface area contributed by atoms with E-state index in [2.05, 4.69) is 20.8 Å². The van der Waals surface area contributed by atoms with Gasteiger partial charge >= 0.3 is 0 Å². The SMILES string of the molecule is O=C(C=Cc1c(F)c(F)c(F)c(F)c1F)N[C@@H](CO)C(=O)Nc1ccc2cn[nH]c2c1. The number of aromatic amines is 1. The molecule has 0 spiro atoms. The number of carbonyl (C=O) groups excluding carboxylic acids is 2. The van der Waals surface area contributed by atoms with Crippen LogP contribution in [0.25, 0.3) is 17.0 Å². The Kier molecular flexibility index (Phi) is 6.30. The number of carbonyl (C=O) groups is 2. The van der Waals surface area contributed by atoms with Crippen molar-refractivity contribution < 1.29 is 36.6 Å². The molecule has 3 rings (SSSR count). The van der Waals surface area contributed by atoms with Crippen molar-refractivity contribution in [3.05, 3.63) is 65.1 Å². The third kappa shape index (κ3) is 4.53. The molecule has 1 atom stereocenters. The summed E-state index contributed by atoms with van der Waals surface area (Å²) in [6, 6.07) is 3.30. The predicted octanol–water partition coefficient (Wildman–Crippen LogP) is 2.39. The molecule has 162 valence electrons. The van der Waals surface area contributed by atoms with Crippen LogP contribution in [0.1, 0.15) is 5.56 Å². The molecule has 12 heteroatoms. The van der Waals surface area contributed by atoms with Crippen molar-refractivity contribution in [1.82, 2.24) is 15.5 Å². The normalized spacial score (nSPS) is 12.3. The van der Waals surface area contributed by atoms with E-state index < -0.39 is 59.1 Å². The fraction of sp³-hybridized carbons (Fsp3) is 0.105. The first-order valence-corrected chi connectivity index (χ1v) is 8.57. The fourth-order valence-electron chi connectivity index (χ4n) is 2.59. The van der Waals surface area contributed by atoms with Gasteiger partial charge in [-0.1, -0.05) is 0 Å². The van der Waals surface area contributed by atoms with Crippen molar-refractivity contribution in [2.24, 2.45) is 0 Å². The number of benzene rings is 2. The number of aliphatic hydroxyl groups excluding tert-OH is 1. The molecular weight excluding hydrogens is 427 g/mol. The van der Waals surface area contributed by atoms with Crippen LogP contribution in [-0.2, 0) is 9.59 Å². The Morgan fingerprint density at radius 1 is 1.06 bits per heavy atom. The van der Waals surface area contributed by atoms with Gasteiger partial charge in [-0.05, 0) is 24.3 Å². The summed E-state index contributed by atoms with van der Waals surface area (Å²) in [6.45, 7) is -0.833. The van der Waals surface area contributed by atoms with Crippen LogP contribution in [0.4, 0.5) is 27.6 Å². The van der Waals surface area contributed by atoms with Gasteiger partial charge in [-0.25, -0.2) is 22.0 Å². The number of H-pyrrole nitrogens is 1. The highest BCUT2D eigenvalue weighted by Gasteiger charge is 2.25. The van der Waals surface area contributed by atoms with E-state index in [0.717, 1.165) is 5.39 Å². The molecule has 0 fully saturated rings. The van der Waals surface area contributed by atoms with Gasteiger partial charge in [0.05, 0.1) is 23.9 Å². The third-order valence-electron chi connectivity index (χ3n) is 4.17. The Bertz CT molecular complexity index is 1170. The van der Waals surface area contributed by atoms with Crippen molar-refractivity contribution in [3.63, 3.8) is 0 Å². The molecule has 7 nitrogen and oxygen atoms in total. The van der Waals surface area contributed by atoms with Crippen molar-refractivity contribution in [2.75, 3.05) is 11.9 Å². The molecule has 0 saturated heterocycles. The number of nitrogens with one attached hydrogen (secondary N) is 3. The number of anilines is 1. The summed E-state index contributed by atoms with van der Waals surface area (Å²) in [5.41, 5.74) is -0.385. The van der Waals surface area contributed by atoms with Crippen molar-refractivity contribution in [3.8, 4) is 0 Å². The summed E-state index contributed by atoms with van der Waals surface area (Å²) < 4.78 is 66.7. The van der Waals surface area contributed by atoms with E-state index in [1.807, 2.05) is 0 Å². The zero-order chi connectivity index (χ0) is 22.7. The zero-order valence-corrected chi connectivity index (χ0v) is 15.3. The lowest BCUT2D eigenvalue weighted by Crippen LogP contribution is -2.45. The van der Waals surface area contributed by atoms with Crippen LogP contribution < -0.4 is 10.6 Å². The molecule has 0 aliphatic rings. The molecule has 0 aliphatic carbocycles. The number of fused-ring (bicyclic) bond motifs is 1. The van der Waals surface area contributed by atoms with E-state index >= 15 is 0 Å². The Hall–Kier alpha value is -3.80. The zero-order valence-electron chi connectivity index (χ0n) is 15.3. The average Bonchev–Trinajstić information content (AvgIpc) is 3.22. The lowest BCUT2D eigenvalue weighted by atomic mass is 10.1. The highest BCUT2D eigenvalue weighted by Crippen LogP contribution is 2.24. The molecule has 1 aromatic heterocycles. The maximum Gasteiger partial charge on any atom is 0.249 e. The number of aromatic nitrogens is 2. The van der Waals surface area contributed by atoms with Gasteiger partial charge in [0.2, 0.25) is 17.6 Å². The van der Waals surface area contributed by atoms with Crippen molar-refractivity contribution in [2.45, 2.75) is 6.04 Å². The highest BCUT2D eigenvalue weighted by molar-refractivity contribution is 6.01. The van der Waals surface area contributed by atoms with Crippen molar-refractivity contribution in [1.29, 1.82) is 0 Å². The second-order valence-corrected chi connectivity index (χ2v) is 6.22. The van der Waals surface area contributed by atoms with Crippen LogP contribution in [0.15, 0.2) is 30.5 Å². The molecule has 2 aromatic carbocycles. The van der Waals surface area contributed by atoms with E-state index in [4.69, 9.17) is 0 Å². The van der Waals surface area contributed by atoms with Gasteiger partial charge in [-0.2, -0.15) is 5.10 Å². The Morgan fingerprint density at radius 3 is 2.35 bits per heavy atom. The van der Waals surface area contributed by atoms with E-state index in [9.17, 15) is 36.6 Å². The summed E-state index contributed by atoms with van der Waals surface area (Å²) in [7, 11) is 0. The molecule has 2 amide bonds. The number of halogens is 5. The van der Waals surface area contributed by atoms with Crippen LogP contribution in [0, 0.1) is 29.1 Å². The minimum atomic E-state index is -2.33. The minimum absolute atomic E-state index is 0.325. The molecule has 3 aromatic rings. The van der Waals surface area contributed by atoms with Gasteiger partial charge < -0.3 is 15.7 Å². The molecular formula is C19H13F5N4O3. The van der Waals surface area contributed by atoms with Gasteiger partial charge in [0.15, 0.2) is 23.3 Å². The average molecular weight is 440 g/mol. The Morgan fingerprint density at radius 2 is 1.71 bits per heavy atom. The maximum absolute atomic E-state index is 13.6. The molecule has 31 heavy (non-hydrogen) atoms. The van der Waals surface area contributed by atoms with Crippen LogP contribution in [-0.4, -0.2) is 39.8 Å². The van der Waals surface area contributed by atoms with Gasteiger partial charge in [0.1, 0.15) is 6.04 Å². The number of aliphatic hydroxyl groups is 1. The lowest BCUT2D eigenvalue weighted by Gasteiger charge is -2.15. The minimum Gasteiger partial charge on any atom is -0.394 e. The molecule has 0 aliphatic heterocycles. The summed E-state index contributed by atoms with van der Waals surface area (Å²) in [5.74, 6) is -12.8. The molecule has 0 bridgehead atoms. The van der Waals surface area contributed by atoms with Gasteiger partial charge in [-0.3, -0.25) is 14.7 Å². The number of rotatable bonds is 6. The number of amides is 2. The van der Waals surface area contributed by atoms with Gasteiger partial charge in [-0.15, -0.1) is 0 Å². The van der Waals surface area contributed by atoms with E-state index in [1.165, 1.54) is 0 Å². The molecule has 1 heterocycles. The quantitative estimate of drug-likeness (QED) is 0.204. The van der Waals surface area contributed by atoms with Crippen LogP contribution in [0.2, 0.25) is 0 Å². The van der Waals surface area contributed by atoms with Crippen LogP contribution in [0.5, 0.6) is 0 Å². The summed E-state index contributed by atoms with van der Waals surface area (Å²) in [4.78, 5) is 24.2. The molecule has 0 unspecified atom stereocenters. The third-order valence-corrected chi connectivity index (χ3v) is 4.17. The number of hydrogen-bond donors (Lipinski definition) is 4. The fourth-order valence-corrected chi connectivity index (χ4v) is 2.59. The van der Waals surface area contributed by atoms with Crippen LogP contribution in [0.3, 0.4) is 0 Å². The summed E-state index contributed by atoms with van der Waals surface area (Å²) >= 11 is 0. The standard InChI is InChI=1S/C19H13F5N4O3/c20-14-10(15(21)17(23)18(24)16(14)22)3-4-13(30)27-12(7-29)19(31)26-9-2-1-8-6-25-28-11(8)5-9/h1-6,12,29H,7H2,(H,25,28)(H,26,31)(H,27,30)/t12-/m0/s1. The second-order valence-electron chi connectivity index (χ2n) is 6.22. The first-order valence-electron chi connectivity index (χ1n) is 8.57. The Labute approximate surface area is 170 Å². The maximum atomic E-state index is 13.6. The summed E-state index contributed by atoms with van der Waals surface area (Å²) in [6.07, 6.45) is 2.39. The first kappa shape index (κ1) is 21.9. The molecule has 0 radical (unpaired) electrons. The second kappa shape index (κ2) is 8.92. The summed E-state index contributed by atoms with van der Waals surface area (Å²) in [5, 5.41) is 21.2. The molecule has 4 N–H and O–H groups in total. The monoisotopic (exact) mass is 440 g/mol. The largest absolute Gasteiger partial charge is 0.394 e. The predicted molar refractivity (Wildman–Crippen MR) is 99.0 cm³/mol. The molecule has 0 saturated carbocycles. The van der Waals surface area contributed by atoms with E-state index in [0.29, 0.717) is 23.4 Å². The van der Waals surface area contributed by atoms with Gasteiger partial charge in [0, 0.05) is 17.1 Å². The van der Waals surface area contributed by atoms with E-state index in [1.54, 1.807) is 24.4 Å². The first-order chi connectivity index (χ1) is 14.7. The number of nitrogens with zero attached hydrogens (tertiary/aromatic N) is 1. The Balaban J connectivity index is 1.70. The van der Waals surface area contributed by atoms with Gasteiger partial charge in [0.25, 0.3) is 0 Å². The smallest absolute Gasteiger partial charge is 0.249 e. The van der Waals surface area contributed by atoms with Crippen LogP contribution >= 0.6 is 0 Å². The lowest BCUT2D eigenvalue weighted by molar-refractivity contribution is -0.124. The van der Waals surface area contributed by atoms with Crippen molar-refractivity contribution >= 4 is 34.5 Å². The van der Waals surface area contributed by atoms with E-state index in [-0.39, 0.29) is 0 Å². The number of hydrogen-bond acceptors (Lipinski definition) is 4. The topological polar surface area (TPSA) is 107 Å².